The minimum absolute atomic E-state index is 0.129. The third kappa shape index (κ3) is 3.39. The maximum Gasteiger partial charge on any atom is 0.240 e. The van der Waals surface area contributed by atoms with Crippen LogP contribution in [-0.4, -0.2) is 16.0 Å². The molecule has 2 N–H and O–H groups in total. The van der Waals surface area contributed by atoms with Gasteiger partial charge in [-0.1, -0.05) is 33.2 Å². The molecule has 87 valence electrons. The third-order valence-corrected chi connectivity index (χ3v) is 2.55. The van der Waals surface area contributed by atoms with E-state index < -0.39 is 5.91 Å². The van der Waals surface area contributed by atoms with Crippen LogP contribution in [0.15, 0.2) is 33.3 Å². The molecule has 2 rings (SSSR count). The topological polar surface area (TPSA) is 82.0 Å². The smallest absolute Gasteiger partial charge is 0.240 e. The lowest BCUT2D eigenvalue weighted by molar-refractivity contribution is -0.114. The second-order valence-corrected chi connectivity index (χ2v) is 4.31. The highest BCUT2D eigenvalue weighted by Gasteiger charge is 2.09. The molecular formula is C11H9BrN3O2. The molecule has 0 saturated carbocycles. The molecular weight excluding hydrogens is 286 g/mol. The fourth-order valence-electron chi connectivity index (χ4n) is 1.30. The van der Waals surface area contributed by atoms with Gasteiger partial charge in [-0.05, 0) is 17.7 Å². The Morgan fingerprint density at radius 3 is 2.76 bits per heavy atom. The number of rotatable bonds is 4. The molecule has 0 spiro atoms. The molecule has 0 atom stereocenters. The quantitative estimate of drug-likeness (QED) is 0.925. The maximum absolute atomic E-state index is 10.6. The first-order valence-corrected chi connectivity index (χ1v) is 5.64. The summed E-state index contributed by atoms with van der Waals surface area (Å²) in [5.74, 6) is 0.0354. The molecule has 5 nitrogen and oxygen atoms in total. The van der Waals surface area contributed by atoms with Crippen molar-refractivity contribution in [3.63, 3.8) is 0 Å². The van der Waals surface area contributed by atoms with Crippen LogP contribution in [0.2, 0.25) is 0 Å². The van der Waals surface area contributed by atoms with Crippen LogP contribution in [-0.2, 0) is 11.2 Å². The van der Waals surface area contributed by atoms with E-state index in [9.17, 15) is 4.79 Å². The van der Waals surface area contributed by atoms with Crippen LogP contribution in [0.5, 0.6) is 0 Å². The highest BCUT2D eigenvalue weighted by Crippen LogP contribution is 2.13. The SMILES string of the molecule is NC(=O)[CH]c1nc(Cc2ccc(Br)cc2)no1. The lowest BCUT2D eigenvalue weighted by Crippen LogP contribution is -2.11. The molecule has 1 aromatic carbocycles. The Kier molecular flexibility index (Phi) is 3.53. The Labute approximate surface area is 106 Å². The van der Waals surface area contributed by atoms with Gasteiger partial charge in [0, 0.05) is 10.9 Å². The van der Waals surface area contributed by atoms with Crippen molar-refractivity contribution in [3.8, 4) is 0 Å². The number of nitrogens with two attached hydrogens (primary N) is 1. The molecule has 0 bridgehead atoms. The van der Waals surface area contributed by atoms with Gasteiger partial charge in [0.25, 0.3) is 0 Å². The highest BCUT2D eigenvalue weighted by atomic mass is 79.9. The summed E-state index contributed by atoms with van der Waals surface area (Å²) < 4.78 is 5.86. The molecule has 1 radical (unpaired) electrons. The van der Waals surface area contributed by atoms with Gasteiger partial charge in [0.1, 0.15) is 6.42 Å². The zero-order chi connectivity index (χ0) is 12.3. The first-order chi connectivity index (χ1) is 8.13. The second-order valence-electron chi connectivity index (χ2n) is 3.40. The molecule has 0 saturated heterocycles. The summed E-state index contributed by atoms with van der Waals surface area (Å²) >= 11 is 3.36. The zero-order valence-corrected chi connectivity index (χ0v) is 10.3. The monoisotopic (exact) mass is 294 g/mol. The van der Waals surface area contributed by atoms with Gasteiger partial charge in [0.2, 0.25) is 11.8 Å². The van der Waals surface area contributed by atoms with Crippen molar-refractivity contribution in [1.82, 2.24) is 10.1 Å². The molecule has 1 aromatic heterocycles. The summed E-state index contributed by atoms with van der Waals surface area (Å²) in [4.78, 5) is 14.6. The molecule has 17 heavy (non-hydrogen) atoms. The van der Waals surface area contributed by atoms with Crippen LogP contribution in [0.25, 0.3) is 0 Å². The van der Waals surface area contributed by atoms with Gasteiger partial charge < -0.3 is 10.3 Å². The predicted octanol–water partition coefficient (Wildman–Crippen LogP) is 1.46. The molecule has 1 amide bonds. The molecule has 0 aliphatic heterocycles. The first-order valence-electron chi connectivity index (χ1n) is 4.85. The molecule has 6 heteroatoms. The Morgan fingerprint density at radius 1 is 1.41 bits per heavy atom. The highest BCUT2D eigenvalue weighted by molar-refractivity contribution is 9.10. The Balaban J connectivity index is 2.06. The Hall–Kier alpha value is -1.69. The van der Waals surface area contributed by atoms with Gasteiger partial charge in [0.05, 0.1) is 0 Å². The molecule has 0 fully saturated rings. The summed E-state index contributed by atoms with van der Waals surface area (Å²) in [7, 11) is 0. The van der Waals surface area contributed by atoms with Crippen LogP contribution in [0.3, 0.4) is 0 Å². The van der Waals surface area contributed by atoms with Crippen molar-refractivity contribution in [2.75, 3.05) is 0 Å². The molecule has 0 aliphatic rings. The van der Waals surface area contributed by atoms with Gasteiger partial charge in [-0.2, -0.15) is 4.98 Å². The number of hydrogen-bond acceptors (Lipinski definition) is 4. The standard InChI is InChI=1S/C11H9BrN3O2/c12-8-3-1-7(2-4-8)5-10-14-11(17-15-10)6-9(13)16/h1-4,6H,5H2,(H2,13,16). The summed E-state index contributed by atoms with van der Waals surface area (Å²) in [5.41, 5.74) is 6.03. The lowest BCUT2D eigenvalue weighted by Gasteiger charge is -1.96. The van der Waals surface area contributed by atoms with E-state index in [1.807, 2.05) is 24.3 Å². The van der Waals surface area contributed by atoms with Crippen LogP contribution in [0, 0.1) is 6.42 Å². The van der Waals surface area contributed by atoms with Crippen molar-refractivity contribution in [2.24, 2.45) is 5.73 Å². The van der Waals surface area contributed by atoms with Crippen LogP contribution >= 0.6 is 15.9 Å². The van der Waals surface area contributed by atoms with Crippen LogP contribution in [0.1, 0.15) is 17.3 Å². The van der Waals surface area contributed by atoms with E-state index in [1.54, 1.807) is 0 Å². The lowest BCUT2D eigenvalue weighted by atomic mass is 10.1. The predicted molar refractivity (Wildman–Crippen MR) is 63.8 cm³/mol. The molecule has 0 aliphatic carbocycles. The van der Waals surface area contributed by atoms with Crippen molar-refractivity contribution >= 4 is 21.8 Å². The van der Waals surface area contributed by atoms with Gasteiger partial charge in [-0.25, -0.2) is 0 Å². The first kappa shape index (κ1) is 11.8. The Bertz CT molecular complexity index is 522. The Morgan fingerprint density at radius 2 is 2.12 bits per heavy atom. The fraction of sp³-hybridized carbons (Fsp3) is 0.0909. The number of carbonyl (C=O) groups is 1. The van der Waals surface area contributed by atoms with Crippen molar-refractivity contribution in [2.45, 2.75) is 6.42 Å². The fourth-order valence-corrected chi connectivity index (χ4v) is 1.57. The van der Waals surface area contributed by atoms with E-state index in [4.69, 9.17) is 10.3 Å². The van der Waals surface area contributed by atoms with E-state index >= 15 is 0 Å². The summed E-state index contributed by atoms with van der Waals surface area (Å²) in [6.45, 7) is 0. The average Bonchev–Trinajstić information content (AvgIpc) is 2.68. The van der Waals surface area contributed by atoms with E-state index in [2.05, 4.69) is 26.1 Å². The number of benzene rings is 1. The van der Waals surface area contributed by atoms with E-state index in [0.717, 1.165) is 16.5 Å². The van der Waals surface area contributed by atoms with Gasteiger partial charge in [0.15, 0.2) is 5.82 Å². The number of aromatic nitrogens is 2. The number of primary amides is 1. The second kappa shape index (κ2) is 5.09. The number of hydrogen-bond donors (Lipinski definition) is 1. The van der Waals surface area contributed by atoms with E-state index in [1.165, 1.54) is 0 Å². The minimum atomic E-state index is -0.608. The zero-order valence-electron chi connectivity index (χ0n) is 8.76. The van der Waals surface area contributed by atoms with Gasteiger partial charge >= 0.3 is 0 Å². The average molecular weight is 295 g/mol. The van der Waals surface area contributed by atoms with Crippen molar-refractivity contribution < 1.29 is 9.32 Å². The van der Waals surface area contributed by atoms with Crippen LogP contribution < -0.4 is 5.73 Å². The third-order valence-electron chi connectivity index (χ3n) is 2.03. The van der Waals surface area contributed by atoms with E-state index in [0.29, 0.717) is 12.2 Å². The number of halogens is 1. The minimum Gasteiger partial charge on any atom is -0.369 e. The number of amides is 1. The normalized spacial score (nSPS) is 10.4. The van der Waals surface area contributed by atoms with Gasteiger partial charge in [-0.3, -0.25) is 4.79 Å². The molecule has 1 heterocycles. The van der Waals surface area contributed by atoms with Crippen LogP contribution in [0.4, 0.5) is 0 Å². The van der Waals surface area contributed by atoms with E-state index in [-0.39, 0.29) is 5.89 Å². The van der Waals surface area contributed by atoms with Crippen molar-refractivity contribution in [1.29, 1.82) is 0 Å². The summed E-state index contributed by atoms with van der Waals surface area (Å²) in [6.07, 6.45) is 1.64. The maximum atomic E-state index is 10.6. The summed E-state index contributed by atoms with van der Waals surface area (Å²) in [6, 6.07) is 7.79. The van der Waals surface area contributed by atoms with Crippen molar-refractivity contribution in [3.05, 3.63) is 52.4 Å². The number of nitrogens with zero attached hydrogens (tertiary/aromatic N) is 2. The van der Waals surface area contributed by atoms with Gasteiger partial charge in [-0.15, -0.1) is 0 Å². The summed E-state index contributed by atoms with van der Waals surface area (Å²) in [5, 5.41) is 3.75. The molecule has 0 unspecified atom stereocenters. The molecule has 2 aromatic rings. The largest absolute Gasteiger partial charge is 0.369 e. The number of carbonyl (C=O) groups excluding carboxylic acids is 1.